The summed E-state index contributed by atoms with van der Waals surface area (Å²) in [6.45, 7) is 3.37. The first-order chi connectivity index (χ1) is 11.9. The lowest BCUT2D eigenvalue weighted by Gasteiger charge is -2.10. The van der Waals surface area contributed by atoms with Crippen molar-refractivity contribution in [2.24, 2.45) is 5.16 Å². The van der Waals surface area contributed by atoms with E-state index in [-0.39, 0.29) is 26.9 Å². The first-order valence-corrected chi connectivity index (χ1v) is 8.96. The highest BCUT2D eigenvalue weighted by atomic mass is 35.5. The second-order valence-electron chi connectivity index (χ2n) is 4.96. The molecule has 0 fully saturated rings. The zero-order chi connectivity index (χ0) is 18.7. The molecule has 1 aromatic rings. The molecule has 0 unspecified atom stereocenters. The lowest BCUT2D eigenvalue weighted by molar-refractivity contribution is 0.146. The Morgan fingerprint density at radius 1 is 1.16 bits per heavy atom. The molecule has 1 aromatic carbocycles. The van der Waals surface area contributed by atoms with Crippen molar-refractivity contribution in [3.8, 4) is 11.5 Å². The number of halogens is 4. The van der Waals surface area contributed by atoms with E-state index < -0.39 is 0 Å². The van der Waals surface area contributed by atoms with Crippen LogP contribution in [0.2, 0.25) is 10.0 Å². The van der Waals surface area contributed by atoms with Gasteiger partial charge in [-0.3, -0.25) is 0 Å². The Morgan fingerprint density at radius 3 is 2.44 bits per heavy atom. The molecule has 0 spiro atoms. The average Bonchev–Trinajstić information content (AvgIpc) is 2.52. The fraction of sp³-hybridized carbons (Fsp3) is 0.438. The third kappa shape index (κ3) is 10.0. The van der Waals surface area contributed by atoms with E-state index in [1.807, 2.05) is 0 Å². The highest BCUT2D eigenvalue weighted by molar-refractivity contribution is 6.55. The molecule has 0 saturated heterocycles. The van der Waals surface area contributed by atoms with Crippen molar-refractivity contribution in [1.29, 1.82) is 0 Å². The Balaban J connectivity index is 2.13. The SMILES string of the molecule is CC(COCCCCOc1c(Cl)cc(O)cc1Cl)=NOCC=C(Cl)Cl. The molecule has 140 valence electrons. The summed E-state index contributed by atoms with van der Waals surface area (Å²) in [5.41, 5.74) is 0.706. The number of oxime groups is 1. The van der Waals surface area contributed by atoms with Crippen molar-refractivity contribution in [3.05, 3.63) is 32.7 Å². The fourth-order valence-electron chi connectivity index (χ4n) is 1.66. The molecule has 0 aromatic heterocycles. The highest BCUT2D eigenvalue weighted by Gasteiger charge is 2.09. The molecule has 9 heteroatoms. The second kappa shape index (κ2) is 12.5. The fourth-order valence-corrected chi connectivity index (χ4v) is 2.37. The van der Waals surface area contributed by atoms with E-state index >= 15 is 0 Å². The Bertz CT molecular complexity index is 581. The van der Waals surface area contributed by atoms with Crippen LogP contribution in [0.3, 0.4) is 0 Å². The van der Waals surface area contributed by atoms with Gasteiger partial charge in [0, 0.05) is 18.7 Å². The van der Waals surface area contributed by atoms with Gasteiger partial charge in [-0.2, -0.15) is 0 Å². The van der Waals surface area contributed by atoms with Gasteiger partial charge in [-0.25, -0.2) is 0 Å². The van der Waals surface area contributed by atoms with Crippen molar-refractivity contribution in [1.82, 2.24) is 0 Å². The van der Waals surface area contributed by atoms with Gasteiger partial charge >= 0.3 is 0 Å². The van der Waals surface area contributed by atoms with Gasteiger partial charge in [0.05, 0.1) is 29.0 Å². The monoisotopic (exact) mass is 429 g/mol. The summed E-state index contributed by atoms with van der Waals surface area (Å²) < 4.78 is 11.1. The Kier molecular flexibility index (Phi) is 11.1. The molecule has 25 heavy (non-hydrogen) atoms. The number of nitrogens with zero attached hydrogens (tertiary/aromatic N) is 1. The number of hydrogen-bond acceptors (Lipinski definition) is 5. The molecule has 0 aliphatic heterocycles. The van der Waals surface area contributed by atoms with Crippen LogP contribution in [0.5, 0.6) is 11.5 Å². The number of rotatable bonds is 11. The summed E-state index contributed by atoms with van der Waals surface area (Å²) in [7, 11) is 0. The van der Waals surface area contributed by atoms with Crippen LogP contribution in [0.1, 0.15) is 19.8 Å². The largest absolute Gasteiger partial charge is 0.508 e. The number of unbranched alkanes of at least 4 members (excludes halogenated alkanes) is 1. The van der Waals surface area contributed by atoms with Gasteiger partial charge in [-0.05, 0) is 25.8 Å². The molecule has 0 aliphatic rings. The van der Waals surface area contributed by atoms with E-state index in [1.165, 1.54) is 18.2 Å². The van der Waals surface area contributed by atoms with Crippen molar-refractivity contribution in [2.45, 2.75) is 19.8 Å². The molecule has 0 saturated carbocycles. The molecule has 0 radical (unpaired) electrons. The van der Waals surface area contributed by atoms with E-state index in [4.69, 9.17) is 60.7 Å². The zero-order valence-electron chi connectivity index (χ0n) is 13.6. The molecule has 0 heterocycles. The zero-order valence-corrected chi connectivity index (χ0v) is 16.6. The third-order valence-corrected chi connectivity index (χ3v) is 3.63. The maximum Gasteiger partial charge on any atom is 0.156 e. The lowest BCUT2D eigenvalue weighted by atomic mass is 10.3. The summed E-state index contributed by atoms with van der Waals surface area (Å²) >= 11 is 22.8. The van der Waals surface area contributed by atoms with Crippen molar-refractivity contribution in [2.75, 3.05) is 26.4 Å². The van der Waals surface area contributed by atoms with Gasteiger partial charge in [-0.1, -0.05) is 51.6 Å². The Labute approximate surface area is 167 Å². The van der Waals surface area contributed by atoms with Crippen molar-refractivity contribution < 1.29 is 19.4 Å². The number of benzene rings is 1. The van der Waals surface area contributed by atoms with Gasteiger partial charge in [0.25, 0.3) is 0 Å². The summed E-state index contributed by atoms with van der Waals surface area (Å²) in [4.78, 5) is 4.98. The van der Waals surface area contributed by atoms with Gasteiger partial charge in [0.15, 0.2) is 5.75 Å². The summed E-state index contributed by atoms with van der Waals surface area (Å²) in [6.07, 6.45) is 3.05. The minimum atomic E-state index is -0.00135. The second-order valence-corrected chi connectivity index (χ2v) is 6.79. The average molecular weight is 431 g/mol. The van der Waals surface area contributed by atoms with Gasteiger partial charge in [0.1, 0.15) is 16.8 Å². The molecule has 1 rings (SSSR count). The van der Waals surface area contributed by atoms with E-state index in [9.17, 15) is 5.11 Å². The lowest BCUT2D eigenvalue weighted by Crippen LogP contribution is -2.08. The van der Waals surface area contributed by atoms with Crippen LogP contribution in [0.25, 0.3) is 0 Å². The Morgan fingerprint density at radius 2 is 1.80 bits per heavy atom. The standard InChI is InChI=1S/C16H19Cl4NO4/c1-11(21-25-7-4-15(19)20)10-23-5-2-3-6-24-16-13(17)8-12(22)9-14(16)18/h4,8-9,22H,2-3,5-7,10H2,1H3. The van der Waals surface area contributed by atoms with Crippen LogP contribution in [0.15, 0.2) is 27.9 Å². The minimum absolute atomic E-state index is 0.00135. The van der Waals surface area contributed by atoms with Crippen LogP contribution in [0, 0.1) is 0 Å². The predicted molar refractivity (Wildman–Crippen MR) is 103 cm³/mol. The normalized spacial score (nSPS) is 11.3. The number of phenolic OH excluding ortho intramolecular Hbond substituents is 1. The number of hydrogen-bond donors (Lipinski definition) is 1. The highest BCUT2D eigenvalue weighted by Crippen LogP contribution is 2.36. The summed E-state index contributed by atoms with van der Waals surface area (Å²) in [5, 5.41) is 13.8. The topological polar surface area (TPSA) is 60.3 Å². The van der Waals surface area contributed by atoms with E-state index in [0.717, 1.165) is 12.8 Å². The first kappa shape index (κ1) is 22.2. The van der Waals surface area contributed by atoms with Crippen LogP contribution >= 0.6 is 46.4 Å². The van der Waals surface area contributed by atoms with Gasteiger partial charge < -0.3 is 19.4 Å². The maximum absolute atomic E-state index is 9.35. The minimum Gasteiger partial charge on any atom is -0.508 e. The molecule has 5 nitrogen and oxygen atoms in total. The van der Waals surface area contributed by atoms with Crippen LogP contribution in [-0.2, 0) is 9.57 Å². The van der Waals surface area contributed by atoms with Crippen molar-refractivity contribution in [3.63, 3.8) is 0 Å². The summed E-state index contributed by atoms with van der Waals surface area (Å²) in [6, 6.07) is 2.76. The predicted octanol–water partition coefficient (Wildman–Crippen LogP) is 5.59. The molecule has 0 aliphatic carbocycles. The van der Waals surface area contributed by atoms with Crippen LogP contribution < -0.4 is 4.74 Å². The summed E-state index contributed by atoms with van der Waals surface area (Å²) in [5.74, 6) is 0.367. The van der Waals surface area contributed by atoms with Crippen molar-refractivity contribution >= 4 is 52.1 Å². The smallest absolute Gasteiger partial charge is 0.156 e. The van der Waals surface area contributed by atoms with Gasteiger partial charge in [-0.15, -0.1) is 0 Å². The quantitative estimate of drug-likeness (QED) is 0.282. The molecular formula is C16H19Cl4NO4. The van der Waals surface area contributed by atoms with Gasteiger partial charge in [0.2, 0.25) is 0 Å². The first-order valence-electron chi connectivity index (χ1n) is 7.45. The van der Waals surface area contributed by atoms with Crippen LogP contribution in [-0.4, -0.2) is 37.2 Å². The maximum atomic E-state index is 9.35. The number of ether oxygens (including phenoxy) is 2. The van der Waals surface area contributed by atoms with E-state index in [2.05, 4.69) is 5.16 Å². The molecular weight excluding hydrogens is 412 g/mol. The number of aromatic hydroxyl groups is 1. The Hall–Kier alpha value is -0.850. The third-order valence-electron chi connectivity index (χ3n) is 2.76. The van der Waals surface area contributed by atoms with E-state index in [0.29, 0.717) is 31.3 Å². The molecule has 1 N–H and O–H groups in total. The van der Waals surface area contributed by atoms with E-state index in [1.54, 1.807) is 6.92 Å². The molecule has 0 atom stereocenters. The van der Waals surface area contributed by atoms with Crippen LogP contribution in [0.4, 0.5) is 0 Å². The molecule has 0 amide bonds. The number of phenols is 1. The molecule has 0 bridgehead atoms.